The van der Waals surface area contributed by atoms with Crippen LogP contribution in [0.5, 0.6) is 0 Å². The van der Waals surface area contributed by atoms with Crippen molar-refractivity contribution in [3.05, 3.63) is 119 Å². The second kappa shape index (κ2) is 8.25. The average Bonchev–Trinajstić information content (AvgIpc) is 3.33. The van der Waals surface area contributed by atoms with E-state index in [1.807, 2.05) is 79.7 Å². The fourth-order valence-corrected chi connectivity index (χ4v) is 4.59. The van der Waals surface area contributed by atoms with Gasteiger partial charge in [-0.2, -0.15) is 5.10 Å². The normalized spacial score (nSPS) is 12.3. The molecule has 6 rings (SSSR count). The lowest BCUT2D eigenvalue weighted by Gasteiger charge is -2.16. The number of nitrogens with one attached hydrogen (secondary N) is 2. The summed E-state index contributed by atoms with van der Waals surface area (Å²) in [5, 5.41) is 11.9. The highest BCUT2D eigenvalue weighted by molar-refractivity contribution is 5.94. The summed E-state index contributed by atoms with van der Waals surface area (Å²) >= 11 is 0. The number of carbonyl (C=O) groups is 1. The Morgan fingerprint density at radius 1 is 0.886 bits per heavy atom. The summed E-state index contributed by atoms with van der Waals surface area (Å²) in [6.07, 6.45) is 1.74. The molecule has 0 aliphatic rings. The highest BCUT2D eigenvalue weighted by atomic mass is 16.2. The van der Waals surface area contributed by atoms with Gasteiger partial charge in [-0.15, -0.1) is 0 Å². The van der Waals surface area contributed by atoms with E-state index in [0.29, 0.717) is 11.2 Å². The summed E-state index contributed by atoms with van der Waals surface area (Å²) in [6, 6.07) is 29.5. The van der Waals surface area contributed by atoms with Crippen LogP contribution in [0.15, 0.2) is 102 Å². The first-order valence-electron chi connectivity index (χ1n) is 11.5. The van der Waals surface area contributed by atoms with Crippen molar-refractivity contribution in [1.29, 1.82) is 0 Å². The minimum Gasteiger partial charge on any atom is -0.344 e. The lowest BCUT2D eigenvalue weighted by atomic mass is 9.99. The number of aromatic nitrogens is 3. The highest BCUT2D eigenvalue weighted by Gasteiger charge is 2.18. The molecule has 1 amide bonds. The van der Waals surface area contributed by atoms with Gasteiger partial charge in [0.25, 0.3) is 11.5 Å². The van der Waals surface area contributed by atoms with Gasteiger partial charge in [0, 0.05) is 11.6 Å². The average molecular weight is 459 g/mol. The lowest BCUT2D eigenvalue weighted by Crippen LogP contribution is -2.27. The Morgan fingerprint density at radius 3 is 2.49 bits per heavy atom. The van der Waals surface area contributed by atoms with Crippen LogP contribution in [0.25, 0.3) is 38.3 Å². The number of nitrogens with zero attached hydrogens (tertiary/aromatic N) is 2. The number of amides is 1. The maximum atomic E-state index is 13.0. The molecule has 0 radical (unpaired) electrons. The van der Waals surface area contributed by atoms with Crippen LogP contribution in [-0.2, 0) is 0 Å². The van der Waals surface area contributed by atoms with Crippen molar-refractivity contribution in [3.8, 4) is 11.3 Å². The van der Waals surface area contributed by atoms with Gasteiger partial charge in [0.2, 0.25) is 0 Å². The van der Waals surface area contributed by atoms with Crippen LogP contribution in [0.2, 0.25) is 0 Å². The minimum absolute atomic E-state index is 0.193. The summed E-state index contributed by atoms with van der Waals surface area (Å²) in [7, 11) is 0. The van der Waals surface area contributed by atoms with Crippen LogP contribution in [0, 0.1) is 0 Å². The minimum atomic E-state index is -0.333. The summed E-state index contributed by atoms with van der Waals surface area (Å²) < 4.78 is 1.47. The molecule has 170 valence electrons. The van der Waals surface area contributed by atoms with Gasteiger partial charge < -0.3 is 10.3 Å². The SMILES string of the molecule is C[C@H](NC(=O)c1cc2c(=O)[nH]c(-c3ccc4ccccc4c3)cn2n1)c1cccc2ccccc12. The molecular weight excluding hydrogens is 436 g/mol. The Morgan fingerprint density at radius 2 is 1.63 bits per heavy atom. The highest BCUT2D eigenvalue weighted by Crippen LogP contribution is 2.25. The fourth-order valence-electron chi connectivity index (χ4n) is 4.59. The van der Waals surface area contributed by atoms with Crippen LogP contribution in [0.3, 0.4) is 0 Å². The lowest BCUT2D eigenvalue weighted by molar-refractivity contribution is 0.0934. The van der Waals surface area contributed by atoms with Crippen LogP contribution in [-0.4, -0.2) is 20.5 Å². The Balaban J connectivity index is 1.32. The largest absolute Gasteiger partial charge is 0.344 e. The standard InChI is InChI=1S/C29H22N4O2/c1-18(23-12-6-10-20-8-4-5-11-24(20)23)30-28(34)25-16-27-29(35)31-26(17-33(27)32-25)22-14-13-19-7-2-3-9-21(19)15-22/h2-18H,1H3,(H,30,34)(H,31,35)/t18-/m0/s1. The number of aromatic amines is 1. The Labute approximate surface area is 200 Å². The number of benzene rings is 4. The molecule has 0 aliphatic heterocycles. The molecule has 6 aromatic rings. The molecule has 0 fully saturated rings. The molecule has 35 heavy (non-hydrogen) atoms. The molecule has 0 spiro atoms. The van der Waals surface area contributed by atoms with Gasteiger partial charge in [0.15, 0.2) is 5.69 Å². The van der Waals surface area contributed by atoms with E-state index in [1.165, 1.54) is 10.6 Å². The molecule has 0 aliphatic carbocycles. The molecular formula is C29H22N4O2. The van der Waals surface area contributed by atoms with E-state index in [0.717, 1.165) is 32.7 Å². The van der Waals surface area contributed by atoms with Crippen molar-refractivity contribution < 1.29 is 4.79 Å². The maximum absolute atomic E-state index is 13.0. The van der Waals surface area contributed by atoms with Crippen molar-refractivity contribution in [2.75, 3.05) is 0 Å². The van der Waals surface area contributed by atoms with Crippen LogP contribution >= 0.6 is 0 Å². The second-order valence-electron chi connectivity index (χ2n) is 8.68. The smallest absolute Gasteiger partial charge is 0.274 e. The monoisotopic (exact) mass is 458 g/mol. The van der Waals surface area contributed by atoms with Crippen molar-refractivity contribution in [1.82, 2.24) is 19.9 Å². The Kier molecular flexibility index (Phi) is 4.92. The Bertz CT molecular complexity index is 1790. The first-order valence-corrected chi connectivity index (χ1v) is 11.5. The third kappa shape index (κ3) is 3.75. The van der Waals surface area contributed by atoms with Gasteiger partial charge in [-0.3, -0.25) is 9.59 Å². The third-order valence-electron chi connectivity index (χ3n) is 6.40. The van der Waals surface area contributed by atoms with Crippen molar-refractivity contribution in [2.24, 2.45) is 0 Å². The molecule has 2 aromatic heterocycles. The predicted molar refractivity (Wildman–Crippen MR) is 139 cm³/mol. The number of hydrogen-bond acceptors (Lipinski definition) is 3. The third-order valence-corrected chi connectivity index (χ3v) is 6.40. The van der Waals surface area contributed by atoms with Gasteiger partial charge in [0.1, 0.15) is 5.52 Å². The Hall–Kier alpha value is -4.71. The van der Waals surface area contributed by atoms with Crippen LogP contribution in [0.1, 0.15) is 29.0 Å². The zero-order valence-corrected chi connectivity index (χ0v) is 19.0. The number of hydrogen-bond donors (Lipinski definition) is 2. The van der Waals surface area contributed by atoms with E-state index in [-0.39, 0.29) is 23.2 Å². The van der Waals surface area contributed by atoms with Gasteiger partial charge >= 0.3 is 0 Å². The second-order valence-corrected chi connectivity index (χ2v) is 8.68. The van der Waals surface area contributed by atoms with E-state index in [4.69, 9.17) is 0 Å². The van der Waals surface area contributed by atoms with Crippen molar-refractivity contribution >= 4 is 33.0 Å². The molecule has 4 aromatic carbocycles. The molecule has 0 saturated heterocycles. The molecule has 6 nitrogen and oxygen atoms in total. The fraction of sp³-hybridized carbons (Fsp3) is 0.0690. The number of fused-ring (bicyclic) bond motifs is 3. The zero-order valence-electron chi connectivity index (χ0n) is 19.0. The first kappa shape index (κ1) is 20.9. The molecule has 0 unspecified atom stereocenters. The molecule has 6 heteroatoms. The number of H-pyrrole nitrogens is 1. The van der Waals surface area contributed by atoms with E-state index in [1.54, 1.807) is 6.20 Å². The van der Waals surface area contributed by atoms with Crippen LogP contribution in [0.4, 0.5) is 0 Å². The van der Waals surface area contributed by atoms with Gasteiger partial charge in [-0.1, -0.05) is 78.9 Å². The van der Waals surface area contributed by atoms with Crippen molar-refractivity contribution in [2.45, 2.75) is 13.0 Å². The molecule has 0 saturated carbocycles. The van der Waals surface area contributed by atoms with Crippen molar-refractivity contribution in [3.63, 3.8) is 0 Å². The molecule has 1 atom stereocenters. The zero-order chi connectivity index (χ0) is 23.9. The molecule has 2 heterocycles. The molecule has 0 bridgehead atoms. The molecule has 2 N–H and O–H groups in total. The van der Waals surface area contributed by atoms with E-state index < -0.39 is 0 Å². The summed E-state index contributed by atoms with van der Waals surface area (Å²) in [5.74, 6) is -0.333. The van der Waals surface area contributed by atoms with Gasteiger partial charge in [0.05, 0.1) is 17.9 Å². The van der Waals surface area contributed by atoms with E-state index in [2.05, 4.69) is 27.5 Å². The number of rotatable bonds is 4. The topological polar surface area (TPSA) is 79.3 Å². The summed E-state index contributed by atoms with van der Waals surface area (Å²) in [6.45, 7) is 1.94. The number of carbonyl (C=O) groups excluding carboxylic acids is 1. The van der Waals surface area contributed by atoms with Crippen LogP contribution < -0.4 is 10.9 Å². The first-order chi connectivity index (χ1) is 17.1. The van der Waals surface area contributed by atoms with E-state index in [9.17, 15) is 9.59 Å². The van der Waals surface area contributed by atoms with Gasteiger partial charge in [-0.05, 0) is 40.1 Å². The maximum Gasteiger partial charge on any atom is 0.274 e. The summed E-state index contributed by atoms with van der Waals surface area (Å²) in [4.78, 5) is 28.8. The summed E-state index contributed by atoms with van der Waals surface area (Å²) in [5.41, 5.74) is 2.73. The van der Waals surface area contributed by atoms with E-state index >= 15 is 0 Å². The van der Waals surface area contributed by atoms with Gasteiger partial charge in [-0.25, -0.2) is 4.52 Å². The predicted octanol–water partition coefficient (Wildman–Crippen LogP) is 5.49. The quantitative estimate of drug-likeness (QED) is 0.367.